The van der Waals surface area contributed by atoms with Gasteiger partial charge in [0.25, 0.3) is 0 Å². The number of pyridine rings is 1. The van der Waals surface area contributed by atoms with Crippen LogP contribution in [0.25, 0.3) is 28.1 Å². The van der Waals surface area contributed by atoms with Crippen molar-refractivity contribution in [3.63, 3.8) is 0 Å². The average molecular weight is 309 g/mol. The van der Waals surface area contributed by atoms with Gasteiger partial charge in [-0.25, -0.2) is 9.97 Å². The topological polar surface area (TPSA) is 60.0 Å². The van der Waals surface area contributed by atoms with Crippen LogP contribution in [0.2, 0.25) is 0 Å². The number of hydrogen-bond acceptors (Lipinski definition) is 4. The highest BCUT2D eigenvalue weighted by atomic mass is 16.5. The molecule has 0 atom stereocenters. The third kappa shape index (κ3) is 3.18. The average Bonchev–Trinajstić information content (AvgIpc) is 3.03. The molecule has 0 aliphatic rings. The van der Waals surface area contributed by atoms with Crippen LogP contribution in [0, 0.1) is 0 Å². The SMILES string of the molecule is CCO/C=C(\C)c1cnc2nc(-c3cccc(OC)c3)[nH]c2c1. The van der Waals surface area contributed by atoms with Crippen LogP contribution < -0.4 is 4.74 Å². The van der Waals surface area contributed by atoms with E-state index in [1.165, 1.54) is 0 Å². The molecule has 5 nitrogen and oxygen atoms in total. The van der Waals surface area contributed by atoms with Gasteiger partial charge < -0.3 is 14.5 Å². The monoisotopic (exact) mass is 309 g/mol. The standard InChI is InChI=1S/C18H19N3O2/c1-4-23-11-12(2)14-9-16-18(19-10-14)21-17(20-16)13-6-5-7-15(8-13)22-3/h5-11H,4H2,1-3H3,(H,19,20,21)/b12-11+. The maximum atomic E-state index is 5.33. The lowest BCUT2D eigenvalue weighted by atomic mass is 10.1. The lowest BCUT2D eigenvalue weighted by Crippen LogP contribution is -1.86. The zero-order valence-electron chi connectivity index (χ0n) is 13.5. The number of nitrogens with one attached hydrogen (secondary N) is 1. The van der Waals surface area contributed by atoms with Crippen LogP contribution in [0.4, 0.5) is 0 Å². The van der Waals surface area contributed by atoms with Crippen LogP contribution in [0.1, 0.15) is 19.4 Å². The fraction of sp³-hybridized carbons (Fsp3) is 0.222. The molecule has 5 heteroatoms. The molecule has 2 heterocycles. The second-order valence-corrected chi connectivity index (χ2v) is 5.17. The molecule has 0 saturated carbocycles. The predicted molar refractivity (Wildman–Crippen MR) is 91.2 cm³/mol. The van der Waals surface area contributed by atoms with E-state index in [2.05, 4.69) is 15.0 Å². The molecule has 118 valence electrons. The molecule has 1 N–H and O–H groups in total. The number of aromatic amines is 1. The molecule has 3 rings (SSSR count). The maximum absolute atomic E-state index is 5.33. The third-order valence-corrected chi connectivity index (χ3v) is 3.56. The zero-order valence-corrected chi connectivity index (χ0v) is 13.5. The zero-order chi connectivity index (χ0) is 16.2. The van der Waals surface area contributed by atoms with Crippen molar-refractivity contribution in [2.24, 2.45) is 0 Å². The van der Waals surface area contributed by atoms with Crippen LogP contribution in [0.15, 0.2) is 42.8 Å². The van der Waals surface area contributed by atoms with Gasteiger partial charge in [-0.3, -0.25) is 0 Å². The van der Waals surface area contributed by atoms with Gasteiger partial charge in [0.05, 0.1) is 25.5 Å². The quantitative estimate of drug-likeness (QED) is 0.723. The summed E-state index contributed by atoms with van der Waals surface area (Å²) < 4.78 is 10.6. The summed E-state index contributed by atoms with van der Waals surface area (Å²) in [6.07, 6.45) is 3.56. The van der Waals surface area contributed by atoms with Crippen LogP contribution in [-0.4, -0.2) is 28.7 Å². The molecule has 0 saturated heterocycles. The van der Waals surface area contributed by atoms with Crippen LogP contribution in [0.5, 0.6) is 5.75 Å². The Labute approximate surface area is 135 Å². The summed E-state index contributed by atoms with van der Waals surface area (Å²) in [6.45, 7) is 4.61. The van der Waals surface area contributed by atoms with Crippen molar-refractivity contribution in [1.29, 1.82) is 0 Å². The number of benzene rings is 1. The van der Waals surface area contributed by atoms with Crippen molar-refractivity contribution in [1.82, 2.24) is 15.0 Å². The lowest BCUT2D eigenvalue weighted by molar-refractivity contribution is 0.270. The number of fused-ring (bicyclic) bond motifs is 1. The first-order chi connectivity index (χ1) is 11.2. The van der Waals surface area contributed by atoms with Gasteiger partial charge in [-0.05, 0) is 37.6 Å². The number of imidazole rings is 1. The second-order valence-electron chi connectivity index (χ2n) is 5.17. The molecule has 0 radical (unpaired) electrons. The number of ether oxygens (including phenoxy) is 2. The van der Waals surface area contributed by atoms with E-state index in [1.807, 2.05) is 50.4 Å². The van der Waals surface area contributed by atoms with E-state index in [4.69, 9.17) is 9.47 Å². The number of hydrogen-bond donors (Lipinski definition) is 1. The largest absolute Gasteiger partial charge is 0.501 e. The van der Waals surface area contributed by atoms with E-state index in [0.717, 1.165) is 33.8 Å². The molecule has 0 aliphatic carbocycles. The summed E-state index contributed by atoms with van der Waals surface area (Å²) >= 11 is 0. The Morgan fingerprint density at radius 2 is 2.17 bits per heavy atom. The van der Waals surface area contributed by atoms with Gasteiger partial charge in [-0.15, -0.1) is 0 Å². The van der Waals surface area contributed by atoms with E-state index in [1.54, 1.807) is 13.4 Å². The highest BCUT2D eigenvalue weighted by molar-refractivity contribution is 5.79. The number of allylic oxidation sites excluding steroid dienone is 1. The van der Waals surface area contributed by atoms with Crippen molar-refractivity contribution >= 4 is 16.7 Å². The van der Waals surface area contributed by atoms with E-state index < -0.39 is 0 Å². The molecule has 0 fully saturated rings. The first-order valence-corrected chi connectivity index (χ1v) is 7.50. The van der Waals surface area contributed by atoms with E-state index >= 15 is 0 Å². The van der Waals surface area contributed by atoms with Crippen LogP contribution in [-0.2, 0) is 4.74 Å². The van der Waals surface area contributed by atoms with Crippen molar-refractivity contribution < 1.29 is 9.47 Å². The summed E-state index contributed by atoms with van der Waals surface area (Å²) in [4.78, 5) is 12.3. The fourth-order valence-electron chi connectivity index (χ4n) is 2.30. The van der Waals surface area contributed by atoms with Gasteiger partial charge in [-0.1, -0.05) is 12.1 Å². The summed E-state index contributed by atoms with van der Waals surface area (Å²) in [6, 6.07) is 9.81. The number of aromatic nitrogens is 3. The minimum atomic E-state index is 0.650. The van der Waals surface area contributed by atoms with E-state index in [-0.39, 0.29) is 0 Å². The van der Waals surface area contributed by atoms with Gasteiger partial charge in [0.1, 0.15) is 11.6 Å². The van der Waals surface area contributed by atoms with Gasteiger partial charge in [0.2, 0.25) is 0 Å². The number of rotatable bonds is 5. The minimum Gasteiger partial charge on any atom is -0.501 e. The highest BCUT2D eigenvalue weighted by Crippen LogP contribution is 2.24. The van der Waals surface area contributed by atoms with Crippen molar-refractivity contribution in [3.05, 3.63) is 48.4 Å². The molecule has 3 aromatic rings. The summed E-state index contributed by atoms with van der Waals surface area (Å²) in [5, 5.41) is 0. The molecule has 23 heavy (non-hydrogen) atoms. The Morgan fingerprint density at radius 1 is 1.30 bits per heavy atom. The highest BCUT2D eigenvalue weighted by Gasteiger charge is 2.08. The van der Waals surface area contributed by atoms with Crippen LogP contribution >= 0.6 is 0 Å². The molecule has 0 unspecified atom stereocenters. The molecule has 2 aromatic heterocycles. The summed E-state index contributed by atoms with van der Waals surface area (Å²) in [5.41, 5.74) is 4.58. The molecule has 0 aliphatic heterocycles. The Hall–Kier alpha value is -2.82. The van der Waals surface area contributed by atoms with Gasteiger partial charge in [-0.2, -0.15) is 0 Å². The Balaban J connectivity index is 1.98. The summed E-state index contributed by atoms with van der Waals surface area (Å²) in [7, 11) is 1.65. The van der Waals surface area contributed by atoms with E-state index in [0.29, 0.717) is 12.3 Å². The molecule has 0 spiro atoms. The third-order valence-electron chi connectivity index (χ3n) is 3.56. The first-order valence-electron chi connectivity index (χ1n) is 7.50. The number of nitrogens with zero attached hydrogens (tertiary/aromatic N) is 2. The van der Waals surface area contributed by atoms with Crippen molar-refractivity contribution in [2.75, 3.05) is 13.7 Å². The minimum absolute atomic E-state index is 0.650. The summed E-state index contributed by atoms with van der Waals surface area (Å²) in [5.74, 6) is 1.57. The molecular weight excluding hydrogens is 290 g/mol. The normalized spacial score (nSPS) is 11.7. The fourth-order valence-corrected chi connectivity index (χ4v) is 2.30. The molecule has 0 bridgehead atoms. The van der Waals surface area contributed by atoms with Crippen LogP contribution in [0.3, 0.4) is 0 Å². The van der Waals surface area contributed by atoms with E-state index in [9.17, 15) is 0 Å². The Morgan fingerprint density at radius 3 is 2.96 bits per heavy atom. The maximum Gasteiger partial charge on any atom is 0.178 e. The van der Waals surface area contributed by atoms with Gasteiger partial charge in [0, 0.05) is 17.3 Å². The second kappa shape index (κ2) is 6.52. The Kier molecular flexibility index (Phi) is 4.28. The molecule has 1 aromatic carbocycles. The van der Waals surface area contributed by atoms with Crippen molar-refractivity contribution in [2.45, 2.75) is 13.8 Å². The first kappa shape index (κ1) is 15.1. The Bertz CT molecular complexity index is 852. The number of methoxy groups -OCH3 is 1. The predicted octanol–water partition coefficient (Wildman–Crippen LogP) is 4.03. The molecular formula is C18H19N3O2. The van der Waals surface area contributed by atoms with Gasteiger partial charge in [0.15, 0.2) is 5.65 Å². The molecule has 0 amide bonds. The number of H-pyrrole nitrogens is 1. The van der Waals surface area contributed by atoms with Gasteiger partial charge >= 0.3 is 0 Å². The lowest BCUT2D eigenvalue weighted by Gasteiger charge is -2.01. The smallest absolute Gasteiger partial charge is 0.178 e. The van der Waals surface area contributed by atoms with Crippen molar-refractivity contribution in [3.8, 4) is 17.1 Å².